The molecule has 0 fully saturated rings. The summed E-state index contributed by atoms with van der Waals surface area (Å²) in [4.78, 5) is 24.0. The van der Waals surface area contributed by atoms with Gasteiger partial charge in [0.15, 0.2) is 0 Å². The highest BCUT2D eigenvalue weighted by Gasteiger charge is 2.28. The molecule has 33 heavy (non-hydrogen) atoms. The Morgan fingerprint density at radius 2 is 1.82 bits per heavy atom. The van der Waals surface area contributed by atoms with E-state index < -0.39 is 5.97 Å². The molecule has 0 aromatic heterocycles. The van der Waals surface area contributed by atoms with Crippen LogP contribution in [0, 0.1) is 0 Å². The summed E-state index contributed by atoms with van der Waals surface area (Å²) in [7, 11) is 1.90. The first-order chi connectivity index (χ1) is 15.9. The van der Waals surface area contributed by atoms with Crippen molar-refractivity contribution in [3.63, 3.8) is 0 Å². The van der Waals surface area contributed by atoms with Crippen molar-refractivity contribution in [2.45, 2.75) is 19.4 Å². The summed E-state index contributed by atoms with van der Waals surface area (Å²) >= 11 is 3.47. The van der Waals surface area contributed by atoms with Gasteiger partial charge in [0.05, 0.1) is 17.0 Å². The van der Waals surface area contributed by atoms with Gasteiger partial charge in [0, 0.05) is 28.7 Å². The molecule has 4 rings (SSSR count). The Bertz CT molecular complexity index is 1240. The van der Waals surface area contributed by atoms with Gasteiger partial charge >= 0.3 is 5.97 Å². The number of amides is 1. The molecule has 0 saturated carbocycles. The monoisotopic (exact) mass is 505 g/mol. The molecule has 1 aliphatic heterocycles. The molecule has 0 saturated heterocycles. The van der Waals surface area contributed by atoms with Crippen LogP contribution >= 0.6 is 15.9 Å². The number of carbonyl (C=O) groups excluding carboxylic acids is 1. The molecule has 1 aliphatic rings. The second kappa shape index (κ2) is 10.0. The van der Waals surface area contributed by atoms with Crippen molar-refractivity contribution in [3.05, 3.63) is 93.5 Å². The lowest BCUT2D eigenvalue weighted by Crippen LogP contribution is -2.11. The third-order valence-corrected chi connectivity index (χ3v) is 5.92. The van der Waals surface area contributed by atoms with E-state index in [-0.39, 0.29) is 12.3 Å². The molecule has 3 aromatic rings. The molecule has 0 radical (unpaired) electrons. The molecular weight excluding hydrogens is 482 g/mol. The predicted octanol–water partition coefficient (Wildman–Crippen LogP) is 5.12. The number of halogens is 1. The van der Waals surface area contributed by atoms with E-state index in [0.29, 0.717) is 17.7 Å². The Labute approximate surface area is 200 Å². The molecule has 0 aliphatic carbocycles. The normalized spacial score (nSPS) is 13.9. The first-order valence-electron chi connectivity index (χ1n) is 10.6. The molecule has 1 amide bonds. The third-order valence-electron chi connectivity index (χ3n) is 5.42. The fourth-order valence-corrected chi connectivity index (χ4v) is 4.23. The number of rotatable bonds is 8. The first kappa shape index (κ1) is 22.8. The average Bonchev–Trinajstić information content (AvgIpc) is 3.11. The zero-order valence-corrected chi connectivity index (χ0v) is 19.7. The minimum absolute atomic E-state index is 0.0778. The van der Waals surface area contributed by atoms with Gasteiger partial charge < -0.3 is 21.1 Å². The Morgan fingerprint density at radius 1 is 1.03 bits per heavy atom. The summed E-state index contributed by atoms with van der Waals surface area (Å²) in [6.07, 6.45) is 0.535. The Balaban J connectivity index is 1.78. The van der Waals surface area contributed by atoms with E-state index >= 15 is 0 Å². The number of carbonyl (C=O) groups is 2. The molecule has 3 aromatic carbocycles. The van der Waals surface area contributed by atoms with Gasteiger partial charge in [0.1, 0.15) is 0 Å². The van der Waals surface area contributed by atoms with Crippen LogP contribution in [0.25, 0.3) is 11.3 Å². The molecule has 7 heteroatoms. The van der Waals surface area contributed by atoms with Crippen molar-refractivity contribution >= 4 is 50.5 Å². The number of hydrogen-bond acceptors (Lipinski definition) is 4. The maximum Gasteiger partial charge on any atom is 0.303 e. The Hall–Kier alpha value is -3.42. The van der Waals surface area contributed by atoms with Gasteiger partial charge in [-0.1, -0.05) is 58.4 Å². The van der Waals surface area contributed by atoms with Crippen LogP contribution in [-0.2, 0) is 22.6 Å². The van der Waals surface area contributed by atoms with Crippen molar-refractivity contribution in [3.8, 4) is 0 Å². The van der Waals surface area contributed by atoms with Gasteiger partial charge in [-0.05, 0) is 54.4 Å². The lowest BCUT2D eigenvalue weighted by molar-refractivity contribution is -0.137. The standard InChI is InChI=1S/C26H24BrN3O3/c1-28-15-17-3-2-4-20(13-17)29-25(18-8-5-16(6-9-18)7-12-23(31)32)24-21-11-10-19(27)14-22(21)30-26(24)33/h2-6,8-11,13-14,28-29H,7,12,15H2,1H3,(H,30,33)(H,31,32)/b25-24-. The Morgan fingerprint density at radius 3 is 2.55 bits per heavy atom. The van der Waals surface area contributed by atoms with Crippen LogP contribution in [-0.4, -0.2) is 24.0 Å². The summed E-state index contributed by atoms with van der Waals surface area (Å²) in [5.74, 6) is -0.998. The highest BCUT2D eigenvalue weighted by molar-refractivity contribution is 9.10. The molecule has 1 heterocycles. The molecule has 168 valence electrons. The lowest BCUT2D eigenvalue weighted by Gasteiger charge is -2.16. The number of nitrogens with one attached hydrogen (secondary N) is 3. The van der Waals surface area contributed by atoms with E-state index in [9.17, 15) is 9.59 Å². The maximum absolute atomic E-state index is 13.1. The molecule has 0 atom stereocenters. The van der Waals surface area contributed by atoms with Crippen LogP contribution < -0.4 is 16.0 Å². The van der Waals surface area contributed by atoms with Gasteiger partial charge in [-0.3, -0.25) is 9.59 Å². The quantitative estimate of drug-likeness (QED) is 0.319. The summed E-state index contributed by atoms with van der Waals surface area (Å²) in [5, 5.41) is 18.5. The molecule has 0 bridgehead atoms. The fourth-order valence-electron chi connectivity index (χ4n) is 3.87. The number of fused-ring (bicyclic) bond motifs is 1. The van der Waals surface area contributed by atoms with E-state index in [0.717, 1.165) is 44.6 Å². The SMILES string of the molecule is CNCc1cccc(N/C(=C2\C(=O)Nc3cc(Br)ccc32)c2ccc(CCC(=O)O)cc2)c1. The fraction of sp³-hybridized carbons (Fsp3) is 0.154. The van der Waals surface area contributed by atoms with Crippen molar-refractivity contribution in [2.75, 3.05) is 17.7 Å². The van der Waals surface area contributed by atoms with Crippen LogP contribution in [0.1, 0.15) is 28.7 Å². The summed E-state index contributed by atoms with van der Waals surface area (Å²) in [6, 6.07) is 21.4. The van der Waals surface area contributed by atoms with E-state index in [1.807, 2.05) is 73.8 Å². The number of aryl methyl sites for hydroxylation is 1. The van der Waals surface area contributed by atoms with Gasteiger partial charge in [-0.15, -0.1) is 0 Å². The van der Waals surface area contributed by atoms with Gasteiger partial charge in [0.2, 0.25) is 0 Å². The largest absolute Gasteiger partial charge is 0.481 e. The number of aliphatic carboxylic acids is 1. The zero-order valence-electron chi connectivity index (χ0n) is 18.1. The van der Waals surface area contributed by atoms with Crippen molar-refractivity contribution in [1.29, 1.82) is 0 Å². The van der Waals surface area contributed by atoms with E-state index in [2.05, 4.69) is 31.9 Å². The second-order valence-electron chi connectivity index (χ2n) is 7.84. The summed E-state index contributed by atoms with van der Waals surface area (Å²) in [6.45, 7) is 0.733. The van der Waals surface area contributed by atoms with Gasteiger partial charge in [-0.25, -0.2) is 0 Å². The highest BCUT2D eigenvalue weighted by atomic mass is 79.9. The topological polar surface area (TPSA) is 90.5 Å². The maximum atomic E-state index is 13.1. The average molecular weight is 506 g/mol. The van der Waals surface area contributed by atoms with Crippen LogP contribution in [0.5, 0.6) is 0 Å². The minimum atomic E-state index is -0.824. The number of carboxylic acid groups (broad SMARTS) is 1. The lowest BCUT2D eigenvalue weighted by atomic mass is 9.98. The van der Waals surface area contributed by atoms with Crippen LogP contribution in [0.15, 0.2) is 71.2 Å². The number of benzene rings is 3. The molecule has 0 spiro atoms. The van der Waals surface area contributed by atoms with Crippen LogP contribution in [0.2, 0.25) is 0 Å². The zero-order chi connectivity index (χ0) is 23.4. The number of carboxylic acids is 1. The molecular formula is C26H24BrN3O3. The minimum Gasteiger partial charge on any atom is -0.481 e. The summed E-state index contributed by atoms with van der Waals surface area (Å²) in [5.41, 5.74) is 6.61. The smallest absolute Gasteiger partial charge is 0.303 e. The molecule has 4 N–H and O–H groups in total. The third kappa shape index (κ3) is 5.32. The van der Waals surface area contributed by atoms with Crippen LogP contribution in [0.4, 0.5) is 11.4 Å². The highest BCUT2D eigenvalue weighted by Crippen LogP contribution is 2.39. The van der Waals surface area contributed by atoms with Gasteiger partial charge in [0.25, 0.3) is 5.91 Å². The van der Waals surface area contributed by atoms with E-state index in [4.69, 9.17) is 5.11 Å². The number of anilines is 2. The number of hydrogen-bond donors (Lipinski definition) is 4. The van der Waals surface area contributed by atoms with Gasteiger partial charge in [-0.2, -0.15) is 0 Å². The first-order valence-corrected chi connectivity index (χ1v) is 11.4. The molecule has 6 nitrogen and oxygen atoms in total. The van der Waals surface area contributed by atoms with E-state index in [1.165, 1.54) is 0 Å². The summed E-state index contributed by atoms with van der Waals surface area (Å²) < 4.78 is 0.889. The predicted molar refractivity (Wildman–Crippen MR) is 135 cm³/mol. The molecule has 0 unspecified atom stereocenters. The second-order valence-corrected chi connectivity index (χ2v) is 8.76. The Kier molecular flexibility index (Phi) is 6.91. The van der Waals surface area contributed by atoms with Crippen molar-refractivity contribution < 1.29 is 14.7 Å². The van der Waals surface area contributed by atoms with Crippen molar-refractivity contribution in [1.82, 2.24) is 5.32 Å². The van der Waals surface area contributed by atoms with E-state index in [1.54, 1.807) is 0 Å². The van der Waals surface area contributed by atoms with Crippen molar-refractivity contribution in [2.24, 2.45) is 0 Å². The van der Waals surface area contributed by atoms with Crippen LogP contribution in [0.3, 0.4) is 0 Å².